The van der Waals surface area contributed by atoms with Gasteiger partial charge in [0.15, 0.2) is 27.3 Å². The summed E-state index contributed by atoms with van der Waals surface area (Å²) in [6, 6.07) is 8.51. The molecule has 2 atom stereocenters. The van der Waals surface area contributed by atoms with Crippen molar-refractivity contribution in [3.63, 3.8) is 0 Å². The first-order chi connectivity index (χ1) is 17.9. The number of pyridine rings is 1. The molecule has 1 amide bonds. The van der Waals surface area contributed by atoms with E-state index in [1.54, 1.807) is 12.3 Å². The van der Waals surface area contributed by atoms with Crippen LogP contribution in [-0.2, 0) is 15.4 Å². The van der Waals surface area contributed by atoms with E-state index in [9.17, 15) is 31.5 Å². The van der Waals surface area contributed by atoms with Crippen LogP contribution in [0.5, 0.6) is 0 Å². The van der Waals surface area contributed by atoms with Crippen molar-refractivity contribution in [2.45, 2.75) is 48.4 Å². The highest BCUT2D eigenvalue weighted by atomic mass is 35.5. The molecule has 2 unspecified atom stereocenters. The van der Waals surface area contributed by atoms with Crippen molar-refractivity contribution in [2.75, 3.05) is 5.32 Å². The normalized spacial score (nSPS) is 24.8. The van der Waals surface area contributed by atoms with Gasteiger partial charge in [0.25, 0.3) is 5.91 Å². The molecule has 38 heavy (non-hydrogen) atoms. The number of aliphatic hydroxyl groups is 1. The van der Waals surface area contributed by atoms with Crippen molar-refractivity contribution in [3.05, 3.63) is 88.0 Å². The Kier molecular flexibility index (Phi) is 6.77. The predicted molar refractivity (Wildman–Crippen MR) is 135 cm³/mol. The summed E-state index contributed by atoms with van der Waals surface area (Å²) in [6.45, 7) is 1.83. The zero-order chi connectivity index (χ0) is 27.4. The van der Waals surface area contributed by atoms with Gasteiger partial charge in [-0.25, -0.2) is 21.6 Å². The summed E-state index contributed by atoms with van der Waals surface area (Å²) in [6.07, 6.45) is 3.43. The fourth-order valence-corrected chi connectivity index (χ4v) is 8.30. The van der Waals surface area contributed by atoms with Crippen LogP contribution in [0.3, 0.4) is 0 Å². The molecule has 6 nitrogen and oxygen atoms in total. The number of halogens is 4. The molecule has 1 aromatic heterocycles. The van der Waals surface area contributed by atoms with Crippen LogP contribution in [0.15, 0.2) is 53.6 Å². The number of amides is 1. The summed E-state index contributed by atoms with van der Waals surface area (Å²) in [7, 11) is -4.01. The van der Waals surface area contributed by atoms with E-state index in [4.69, 9.17) is 11.6 Å². The molecule has 0 radical (unpaired) electrons. The Morgan fingerprint density at radius 3 is 2.29 bits per heavy atom. The van der Waals surface area contributed by atoms with E-state index < -0.39 is 44.0 Å². The molecule has 2 aliphatic rings. The Labute approximate surface area is 222 Å². The molecule has 5 rings (SSSR count). The number of carbonyl (C=O) groups excluding carboxylic acids is 1. The SMILES string of the molecule is Cc1cc([C@]2(O)C3CCC2C[C@@H](S(=O)(=O)c2cc(C(=O)Nc4cc(F)c(F)c(F)c4)ccc2Cl)C3)ccn1. The van der Waals surface area contributed by atoms with Crippen LogP contribution in [0, 0.1) is 36.2 Å². The minimum atomic E-state index is -4.01. The number of benzene rings is 2. The number of hydrogen-bond acceptors (Lipinski definition) is 5. The molecular formula is C27H24ClF3N2O4S. The van der Waals surface area contributed by atoms with Crippen LogP contribution in [0.2, 0.25) is 5.02 Å². The second-order valence-corrected chi connectivity index (χ2v) is 12.6. The number of nitrogens with one attached hydrogen (secondary N) is 1. The third-order valence-electron chi connectivity index (χ3n) is 7.74. The Bertz CT molecular complexity index is 1510. The average Bonchev–Trinajstić information content (AvgIpc) is 3.03. The molecule has 3 aromatic rings. The van der Waals surface area contributed by atoms with Gasteiger partial charge in [0, 0.05) is 35.3 Å². The van der Waals surface area contributed by atoms with Crippen molar-refractivity contribution in [3.8, 4) is 0 Å². The zero-order valence-electron chi connectivity index (χ0n) is 20.2. The Morgan fingerprint density at radius 1 is 1.05 bits per heavy atom. The highest BCUT2D eigenvalue weighted by molar-refractivity contribution is 7.92. The van der Waals surface area contributed by atoms with Gasteiger partial charge < -0.3 is 10.4 Å². The number of aryl methyl sites for hydroxylation is 1. The van der Waals surface area contributed by atoms with Gasteiger partial charge >= 0.3 is 0 Å². The Morgan fingerprint density at radius 2 is 1.68 bits per heavy atom. The van der Waals surface area contributed by atoms with E-state index in [2.05, 4.69) is 10.3 Å². The first-order valence-corrected chi connectivity index (χ1v) is 14.0. The van der Waals surface area contributed by atoms with Crippen LogP contribution in [-0.4, -0.2) is 29.7 Å². The van der Waals surface area contributed by atoms with Crippen LogP contribution >= 0.6 is 11.6 Å². The van der Waals surface area contributed by atoms with Crippen molar-refractivity contribution >= 4 is 33.0 Å². The van der Waals surface area contributed by atoms with Crippen LogP contribution < -0.4 is 5.32 Å². The highest BCUT2D eigenvalue weighted by Gasteiger charge is 2.56. The van der Waals surface area contributed by atoms with Crippen LogP contribution in [0.4, 0.5) is 18.9 Å². The summed E-state index contributed by atoms with van der Waals surface area (Å²) in [5, 5.41) is 13.1. The molecule has 0 aliphatic heterocycles. The standard InChI is InChI=1S/C27H24ClF3N2O4S/c1-14-8-18(6-7-32-14)27(35)16-3-4-17(27)11-20(10-16)38(36,37)24-9-15(2-5-21(24)28)26(34)33-19-12-22(29)25(31)23(30)13-19/h2,5-9,12-13,16-17,20,35H,3-4,10-11H2,1H3,(H,33,34)/t16?,17?,20-,27-. The number of nitrogens with zero attached hydrogens (tertiary/aromatic N) is 1. The summed E-state index contributed by atoms with van der Waals surface area (Å²) >= 11 is 6.27. The lowest BCUT2D eigenvalue weighted by molar-refractivity contribution is -0.0647. The minimum absolute atomic E-state index is 0.0710. The maximum Gasteiger partial charge on any atom is 0.255 e. The molecule has 1 heterocycles. The predicted octanol–water partition coefficient (Wildman–Crippen LogP) is 5.56. The first kappa shape index (κ1) is 26.6. The van der Waals surface area contributed by atoms with E-state index in [0.717, 1.165) is 17.3 Å². The third-order valence-corrected chi connectivity index (χ3v) is 10.4. The third kappa shape index (κ3) is 4.48. The van der Waals surface area contributed by atoms with Crippen LogP contribution in [0.1, 0.15) is 47.3 Å². The second kappa shape index (κ2) is 9.66. The van der Waals surface area contributed by atoms with Gasteiger partial charge in [0.05, 0.1) is 20.8 Å². The Balaban J connectivity index is 1.41. The smallest absolute Gasteiger partial charge is 0.255 e. The van der Waals surface area contributed by atoms with Gasteiger partial charge in [-0.1, -0.05) is 11.6 Å². The lowest BCUT2D eigenvalue weighted by Crippen LogP contribution is -2.46. The van der Waals surface area contributed by atoms with E-state index in [1.165, 1.54) is 12.1 Å². The number of carbonyl (C=O) groups is 1. The van der Waals surface area contributed by atoms with Crippen LogP contribution in [0.25, 0.3) is 0 Å². The maximum atomic E-state index is 13.7. The average molecular weight is 565 g/mol. The van der Waals surface area contributed by atoms with Gasteiger partial charge in [-0.05, 0) is 80.3 Å². The van der Waals surface area contributed by atoms with Crippen molar-refractivity contribution in [1.82, 2.24) is 4.98 Å². The van der Waals surface area contributed by atoms with Gasteiger partial charge in [-0.15, -0.1) is 0 Å². The number of hydrogen-bond donors (Lipinski definition) is 2. The van der Waals surface area contributed by atoms with Crippen molar-refractivity contribution < 1.29 is 31.5 Å². The Hall–Kier alpha value is -2.95. The topological polar surface area (TPSA) is 96.4 Å². The zero-order valence-corrected chi connectivity index (χ0v) is 21.8. The van der Waals surface area contributed by atoms with Crippen molar-refractivity contribution in [1.29, 1.82) is 0 Å². The molecule has 11 heteroatoms. The molecule has 2 N–H and O–H groups in total. The van der Waals surface area contributed by atoms with Crippen molar-refractivity contribution in [2.24, 2.45) is 11.8 Å². The number of aromatic nitrogens is 1. The van der Waals surface area contributed by atoms with Gasteiger partial charge in [-0.3, -0.25) is 9.78 Å². The second-order valence-electron chi connectivity index (χ2n) is 9.97. The lowest BCUT2D eigenvalue weighted by Gasteiger charge is -2.43. The van der Waals surface area contributed by atoms with Gasteiger partial charge in [0.2, 0.25) is 0 Å². The molecule has 200 valence electrons. The molecule has 2 bridgehead atoms. The molecular weight excluding hydrogens is 541 g/mol. The quantitative estimate of drug-likeness (QED) is 0.395. The van der Waals surface area contributed by atoms with E-state index in [-0.39, 0.29) is 45.8 Å². The number of sulfone groups is 1. The molecule has 2 saturated carbocycles. The molecule has 2 aromatic carbocycles. The first-order valence-electron chi connectivity index (χ1n) is 12.1. The monoisotopic (exact) mass is 564 g/mol. The summed E-state index contributed by atoms with van der Waals surface area (Å²) in [5.74, 6) is -6.04. The largest absolute Gasteiger partial charge is 0.385 e. The summed E-state index contributed by atoms with van der Waals surface area (Å²) in [4.78, 5) is 16.7. The highest BCUT2D eigenvalue weighted by Crippen LogP contribution is 2.56. The van der Waals surface area contributed by atoms with Gasteiger partial charge in [-0.2, -0.15) is 0 Å². The molecule has 0 spiro atoms. The number of anilines is 1. The number of rotatable bonds is 5. The summed E-state index contributed by atoms with van der Waals surface area (Å²) in [5.41, 5.74) is -0.0945. The molecule has 0 saturated heterocycles. The minimum Gasteiger partial charge on any atom is -0.385 e. The summed E-state index contributed by atoms with van der Waals surface area (Å²) < 4.78 is 67.8. The fraction of sp³-hybridized carbons (Fsp3) is 0.333. The lowest BCUT2D eigenvalue weighted by atomic mass is 9.70. The fourth-order valence-electron chi connectivity index (χ4n) is 5.89. The van der Waals surface area contributed by atoms with E-state index in [1.807, 2.05) is 13.0 Å². The van der Waals surface area contributed by atoms with E-state index >= 15 is 0 Å². The maximum absolute atomic E-state index is 13.7. The molecule has 2 fully saturated rings. The van der Waals surface area contributed by atoms with Gasteiger partial charge in [0.1, 0.15) is 0 Å². The number of fused-ring (bicyclic) bond motifs is 2. The molecule has 2 aliphatic carbocycles. The van der Waals surface area contributed by atoms with E-state index in [0.29, 0.717) is 25.0 Å².